The molecule has 4 heteroatoms. The second-order valence-electron chi connectivity index (χ2n) is 4.85. The number of hydrogen-bond acceptors (Lipinski definition) is 2. The summed E-state index contributed by atoms with van der Waals surface area (Å²) in [5.41, 5.74) is 3.36. The molecule has 0 aliphatic rings. The molecule has 1 heterocycles. The lowest BCUT2D eigenvalue weighted by molar-refractivity contribution is 0.596. The third kappa shape index (κ3) is 3.81. The molecule has 1 aromatic carbocycles. The molecule has 20 heavy (non-hydrogen) atoms. The van der Waals surface area contributed by atoms with E-state index in [4.69, 9.17) is 11.6 Å². The summed E-state index contributed by atoms with van der Waals surface area (Å²) in [4.78, 5) is 4.30. The van der Waals surface area contributed by atoms with Crippen LogP contribution in [0.15, 0.2) is 41.1 Å². The van der Waals surface area contributed by atoms with Gasteiger partial charge in [-0.25, -0.2) is 0 Å². The highest BCUT2D eigenvalue weighted by Gasteiger charge is 2.17. The molecule has 2 rings (SSSR count). The van der Waals surface area contributed by atoms with Gasteiger partial charge in [-0.05, 0) is 54.8 Å². The normalized spacial score (nSPS) is 12.4. The maximum atomic E-state index is 6.38. The smallest absolute Gasteiger partial charge is 0.0607 e. The first-order valence-corrected chi connectivity index (χ1v) is 7.88. The van der Waals surface area contributed by atoms with Crippen LogP contribution in [0.5, 0.6) is 0 Å². The maximum absolute atomic E-state index is 6.38. The van der Waals surface area contributed by atoms with Crippen molar-refractivity contribution in [2.45, 2.75) is 26.3 Å². The van der Waals surface area contributed by atoms with Crippen LogP contribution < -0.4 is 5.32 Å². The molecule has 0 saturated carbocycles. The Morgan fingerprint density at radius 2 is 2.10 bits per heavy atom. The van der Waals surface area contributed by atoms with E-state index in [0.717, 1.165) is 39.2 Å². The maximum Gasteiger partial charge on any atom is 0.0607 e. The number of benzene rings is 1. The molecule has 106 valence electrons. The number of rotatable bonds is 5. The average Bonchev–Trinajstić information content (AvgIpc) is 2.43. The van der Waals surface area contributed by atoms with Crippen molar-refractivity contribution in [1.29, 1.82) is 0 Å². The minimum absolute atomic E-state index is 0.0624. The van der Waals surface area contributed by atoms with Crippen molar-refractivity contribution in [3.05, 3.63) is 62.8 Å². The van der Waals surface area contributed by atoms with E-state index in [0.29, 0.717) is 0 Å². The number of aromatic nitrogens is 1. The van der Waals surface area contributed by atoms with Gasteiger partial charge in [0.2, 0.25) is 0 Å². The third-order valence-electron chi connectivity index (χ3n) is 3.10. The van der Waals surface area contributed by atoms with Crippen LogP contribution in [0.4, 0.5) is 0 Å². The molecule has 1 N–H and O–H groups in total. The summed E-state index contributed by atoms with van der Waals surface area (Å²) in [5, 5.41) is 4.32. The van der Waals surface area contributed by atoms with Gasteiger partial charge < -0.3 is 5.32 Å². The van der Waals surface area contributed by atoms with E-state index in [1.165, 1.54) is 0 Å². The Labute approximate surface area is 133 Å². The molecule has 0 amide bonds. The fourth-order valence-corrected chi connectivity index (χ4v) is 2.77. The summed E-state index contributed by atoms with van der Waals surface area (Å²) in [6.07, 6.45) is 4.84. The van der Waals surface area contributed by atoms with E-state index in [9.17, 15) is 0 Å². The number of nitrogens with zero attached hydrogens (tertiary/aromatic N) is 1. The van der Waals surface area contributed by atoms with Crippen molar-refractivity contribution in [2.75, 3.05) is 6.54 Å². The number of hydrogen-bond donors (Lipinski definition) is 1. The van der Waals surface area contributed by atoms with Crippen LogP contribution in [-0.2, 0) is 0 Å². The van der Waals surface area contributed by atoms with Gasteiger partial charge in [0, 0.05) is 21.9 Å². The predicted octanol–water partition coefficient (Wildman–Crippen LogP) is 4.89. The number of pyridine rings is 1. The summed E-state index contributed by atoms with van der Waals surface area (Å²) < 4.78 is 1.03. The van der Waals surface area contributed by atoms with Crippen molar-refractivity contribution >= 4 is 27.5 Å². The topological polar surface area (TPSA) is 24.9 Å². The SMILES string of the molecule is CCCNC(c1cncc(C)c1)c1cc(Br)ccc1Cl. The van der Waals surface area contributed by atoms with E-state index < -0.39 is 0 Å². The fraction of sp³-hybridized carbons (Fsp3) is 0.312. The summed E-state index contributed by atoms with van der Waals surface area (Å²) in [5.74, 6) is 0. The molecule has 0 aliphatic carbocycles. The Morgan fingerprint density at radius 3 is 2.80 bits per heavy atom. The van der Waals surface area contributed by atoms with Crippen LogP contribution in [0.3, 0.4) is 0 Å². The zero-order chi connectivity index (χ0) is 14.5. The monoisotopic (exact) mass is 352 g/mol. The molecular formula is C16H18BrClN2. The zero-order valence-electron chi connectivity index (χ0n) is 11.7. The first-order chi connectivity index (χ1) is 9.61. The van der Waals surface area contributed by atoms with Crippen LogP contribution in [0.2, 0.25) is 5.02 Å². The molecule has 1 atom stereocenters. The van der Waals surface area contributed by atoms with Crippen molar-refractivity contribution < 1.29 is 0 Å². The number of halogens is 2. The van der Waals surface area contributed by atoms with Gasteiger partial charge in [-0.3, -0.25) is 4.98 Å². The van der Waals surface area contributed by atoms with Gasteiger partial charge in [0.15, 0.2) is 0 Å². The highest BCUT2D eigenvalue weighted by Crippen LogP contribution is 2.30. The first kappa shape index (κ1) is 15.5. The second kappa shape index (κ2) is 7.21. The van der Waals surface area contributed by atoms with Gasteiger partial charge in [-0.1, -0.05) is 40.5 Å². The lowest BCUT2D eigenvalue weighted by Crippen LogP contribution is -2.23. The van der Waals surface area contributed by atoms with Gasteiger partial charge in [0.1, 0.15) is 0 Å². The highest BCUT2D eigenvalue weighted by atomic mass is 79.9. The largest absolute Gasteiger partial charge is 0.306 e. The Balaban J connectivity index is 2.44. The van der Waals surface area contributed by atoms with Gasteiger partial charge in [-0.15, -0.1) is 0 Å². The molecule has 0 fully saturated rings. The predicted molar refractivity (Wildman–Crippen MR) is 88.3 cm³/mol. The Hall–Kier alpha value is -0.900. The minimum Gasteiger partial charge on any atom is -0.306 e. The first-order valence-electron chi connectivity index (χ1n) is 6.71. The Kier molecular flexibility index (Phi) is 5.58. The molecule has 0 aliphatic heterocycles. The van der Waals surface area contributed by atoms with Crippen LogP contribution in [0.25, 0.3) is 0 Å². The highest BCUT2D eigenvalue weighted by molar-refractivity contribution is 9.10. The van der Waals surface area contributed by atoms with Gasteiger partial charge in [0.05, 0.1) is 6.04 Å². The number of nitrogens with one attached hydrogen (secondary N) is 1. The molecule has 2 nitrogen and oxygen atoms in total. The zero-order valence-corrected chi connectivity index (χ0v) is 14.0. The lowest BCUT2D eigenvalue weighted by atomic mass is 9.99. The third-order valence-corrected chi connectivity index (χ3v) is 3.93. The van der Waals surface area contributed by atoms with Crippen molar-refractivity contribution in [3.8, 4) is 0 Å². The summed E-state index contributed by atoms with van der Waals surface area (Å²) in [6, 6.07) is 8.16. The summed E-state index contributed by atoms with van der Waals surface area (Å²) in [7, 11) is 0. The van der Waals surface area contributed by atoms with Crippen molar-refractivity contribution in [3.63, 3.8) is 0 Å². The average molecular weight is 354 g/mol. The van der Waals surface area contributed by atoms with Gasteiger partial charge in [0.25, 0.3) is 0 Å². The molecule has 2 aromatic rings. The quantitative estimate of drug-likeness (QED) is 0.827. The lowest BCUT2D eigenvalue weighted by Gasteiger charge is -2.21. The van der Waals surface area contributed by atoms with Crippen LogP contribution in [0.1, 0.15) is 36.1 Å². The van der Waals surface area contributed by atoms with Crippen molar-refractivity contribution in [2.24, 2.45) is 0 Å². The van der Waals surface area contributed by atoms with Gasteiger partial charge >= 0.3 is 0 Å². The molecule has 1 unspecified atom stereocenters. The number of aryl methyl sites for hydroxylation is 1. The molecule has 0 radical (unpaired) electrons. The fourth-order valence-electron chi connectivity index (χ4n) is 2.17. The molecule has 0 saturated heterocycles. The van der Waals surface area contributed by atoms with E-state index in [1.807, 2.05) is 24.5 Å². The molecular weight excluding hydrogens is 336 g/mol. The van der Waals surface area contributed by atoms with E-state index in [1.54, 1.807) is 0 Å². The van der Waals surface area contributed by atoms with Crippen LogP contribution in [0, 0.1) is 6.92 Å². The molecule has 0 spiro atoms. The molecule has 0 bridgehead atoms. The standard InChI is InChI=1S/C16H18BrClN2/c1-3-6-20-16(12-7-11(2)9-19-10-12)14-8-13(17)4-5-15(14)18/h4-5,7-10,16,20H,3,6H2,1-2H3. The van der Waals surface area contributed by atoms with E-state index in [2.05, 4.69) is 52.2 Å². The van der Waals surface area contributed by atoms with Crippen molar-refractivity contribution in [1.82, 2.24) is 10.3 Å². The van der Waals surface area contributed by atoms with Crippen LogP contribution >= 0.6 is 27.5 Å². The summed E-state index contributed by atoms with van der Waals surface area (Å²) in [6.45, 7) is 5.14. The van der Waals surface area contributed by atoms with E-state index >= 15 is 0 Å². The molecule has 1 aromatic heterocycles. The van der Waals surface area contributed by atoms with Crippen LogP contribution in [-0.4, -0.2) is 11.5 Å². The van der Waals surface area contributed by atoms with Gasteiger partial charge in [-0.2, -0.15) is 0 Å². The second-order valence-corrected chi connectivity index (χ2v) is 6.17. The Morgan fingerprint density at radius 1 is 1.30 bits per heavy atom. The summed E-state index contributed by atoms with van der Waals surface area (Å²) >= 11 is 9.90. The van der Waals surface area contributed by atoms with E-state index in [-0.39, 0.29) is 6.04 Å². The Bertz CT molecular complexity index is 586. The minimum atomic E-state index is 0.0624.